The number of aliphatic hydroxyl groups excluding tert-OH is 1. The summed E-state index contributed by atoms with van der Waals surface area (Å²) >= 11 is 1.32. The van der Waals surface area contributed by atoms with E-state index in [2.05, 4.69) is 4.98 Å². The molecule has 1 aliphatic rings. The zero-order valence-corrected chi connectivity index (χ0v) is 20.8. The van der Waals surface area contributed by atoms with Crippen LogP contribution in [-0.4, -0.2) is 35.0 Å². The summed E-state index contributed by atoms with van der Waals surface area (Å²) in [6.07, 6.45) is 1.37. The maximum atomic E-state index is 13.5. The molecule has 5 rings (SSSR count). The third-order valence-electron chi connectivity index (χ3n) is 5.82. The summed E-state index contributed by atoms with van der Waals surface area (Å²) in [7, 11) is 0. The highest BCUT2D eigenvalue weighted by Crippen LogP contribution is 2.45. The van der Waals surface area contributed by atoms with E-state index in [1.54, 1.807) is 24.3 Å². The second-order valence-electron chi connectivity index (χ2n) is 8.19. The molecule has 1 N–H and O–H groups in total. The van der Waals surface area contributed by atoms with Crippen LogP contribution in [0.3, 0.4) is 0 Å². The van der Waals surface area contributed by atoms with Crippen LogP contribution in [0.15, 0.2) is 70.5 Å². The highest BCUT2D eigenvalue weighted by molar-refractivity contribution is 7.22. The maximum absolute atomic E-state index is 13.5. The molecule has 2 aromatic carbocycles. The molecule has 1 aliphatic heterocycles. The van der Waals surface area contributed by atoms with Gasteiger partial charge in [-0.25, -0.2) is 4.98 Å². The van der Waals surface area contributed by atoms with E-state index < -0.39 is 23.5 Å². The number of hydrogen-bond acceptors (Lipinski definition) is 8. The van der Waals surface area contributed by atoms with Gasteiger partial charge in [-0.15, -0.1) is 0 Å². The smallest absolute Gasteiger partial charge is 0.296 e. The van der Waals surface area contributed by atoms with Crippen LogP contribution in [0.25, 0.3) is 10.2 Å². The number of rotatable bonds is 8. The van der Waals surface area contributed by atoms with Gasteiger partial charge in [0.15, 0.2) is 28.1 Å². The molecule has 0 fully saturated rings. The van der Waals surface area contributed by atoms with Gasteiger partial charge in [0.1, 0.15) is 0 Å². The topological polar surface area (TPSA) is 102 Å². The minimum Gasteiger partial charge on any atom is -0.503 e. The Kier molecular flexibility index (Phi) is 6.24. The van der Waals surface area contributed by atoms with E-state index in [0.29, 0.717) is 35.4 Å². The van der Waals surface area contributed by atoms with Crippen LogP contribution >= 0.6 is 11.3 Å². The van der Waals surface area contributed by atoms with Crippen LogP contribution in [0.5, 0.6) is 11.5 Å². The number of Topliss-reactive ketones (excluding diaryl/α,β-unsaturated/α-hetero) is 1. The molecule has 0 radical (unpaired) electrons. The number of aryl methyl sites for hydroxylation is 1. The van der Waals surface area contributed by atoms with Crippen molar-refractivity contribution in [3.8, 4) is 11.5 Å². The number of ketones is 1. The number of carbonyl (C=O) groups is 2. The zero-order chi connectivity index (χ0) is 25.4. The Morgan fingerprint density at radius 3 is 2.61 bits per heavy atom. The van der Waals surface area contributed by atoms with E-state index >= 15 is 0 Å². The molecule has 0 saturated carbocycles. The van der Waals surface area contributed by atoms with Gasteiger partial charge in [0.25, 0.3) is 5.91 Å². The number of benzene rings is 2. The number of ether oxygens (including phenoxy) is 2. The first-order valence-corrected chi connectivity index (χ1v) is 12.4. The molecule has 4 aromatic rings. The van der Waals surface area contributed by atoms with E-state index in [1.807, 2.05) is 39.0 Å². The highest BCUT2D eigenvalue weighted by Gasteiger charge is 2.46. The van der Waals surface area contributed by atoms with Crippen molar-refractivity contribution in [1.82, 2.24) is 4.98 Å². The molecule has 184 valence electrons. The van der Waals surface area contributed by atoms with Crippen LogP contribution < -0.4 is 14.4 Å². The number of carbonyl (C=O) groups excluding carboxylic acids is 2. The van der Waals surface area contributed by atoms with Gasteiger partial charge >= 0.3 is 0 Å². The van der Waals surface area contributed by atoms with Gasteiger partial charge in [0.2, 0.25) is 5.78 Å². The molecule has 36 heavy (non-hydrogen) atoms. The number of aliphatic hydroxyl groups is 1. The molecule has 3 heterocycles. The SMILES string of the molecule is CCOc1ccc(C2C(C(=O)c3ccco3)=C(O)C(=O)N2c2nc3ccc(C)cc3s2)cc1OCC. The monoisotopic (exact) mass is 504 g/mol. The third-order valence-corrected chi connectivity index (χ3v) is 6.84. The van der Waals surface area contributed by atoms with Crippen molar-refractivity contribution in [1.29, 1.82) is 0 Å². The fraction of sp³-hybridized carbons (Fsp3) is 0.222. The predicted octanol–water partition coefficient (Wildman–Crippen LogP) is 5.78. The first kappa shape index (κ1) is 23.6. The van der Waals surface area contributed by atoms with Gasteiger partial charge in [0.05, 0.1) is 41.3 Å². The Labute approximate surface area is 211 Å². The standard InChI is InChI=1S/C27H24N2O6S/c1-4-33-18-11-9-16(14-20(18)34-5-2)23-22(24(30)19-7-6-12-35-19)25(31)26(32)29(23)27-28-17-10-8-15(3)13-21(17)36-27/h6-14,23,31H,4-5H2,1-3H3. The summed E-state index contributed by atoms with van der Waals surface area (Å²) in [5, 5.41) is 11.3. The molecular weight excluding hydrogens is 480 g/mol. The number of anilines is 1. The quantitative estimate of drug-likeness (QED) is 0.304. The van der Waals surface area contributed by atoms with E-state index in [9.17, 15) is 14.7 Å². The Bertz CT molecular complexity index is 1490. The summed E-state index contributed by atoms with van der Waals surface area (Å²) < 4.78 is 17.7. The number of hydrogen-bond donors (Lipinski definition) is 1. The van der Waals surface area contributed by atoms with E-state index in [0.717, 1.165) is 15.8 Å². The number of nitrogens with zero attached hydrogens (tertiary/aromatic N) is 2. The molecule has 0 spiro atoms. The van der Waals surface area contributed by atoms with Crippen molar-refractivity contribution in [2.24, 2.45) is 0 Å². The largest absolute Gasteiger partial charge is 0.503 e. The van der Waals surface area contributed by atoms with Gasteiger partial charge in [-0.3, -0.25) is 14.5 Å². The summed E-state index contributed by atoms with van der Waals surface area (Å²) in [6.45, 7) is 6.55. The maximum Gasteiger partial charge on any atom is 0.296 e. The average Bonchev–Trinajstić information content (AvgIpc) is 3.59. The van der Waals surface area contributed by atoms with Crippen LogP contribution in [0.1, 0.15) is 41.6 Å². The molecule has 0 saturated heterocycles. The number of furan rings is 1. The lowest BCUT2D eigenvalue weighted by Gasteiger charge is -2.25. The number of thiazole rings is 1. The molecule has 0 bridgehead atoms. The predicted molar refractivity (Wildman–Crippen MR) is 136 cm³/mol. The van der Waals surface area contributed by atoms with Crippen LogP contribution in [0.4, 0.5) is 5.13 Å². The molecule has 1 unspecified atom stereocenters. The third kappa shape index (κ3) is 4.01. The molecule has 0 aliphatic carbocycles. The Balaban J connectivity index is 1.68. The van der Waals surface area contributed by atoms with Gasteiger partial charge in [-0.2, -0.15) is 0 Å². The Morgan fingerprint density at radius 1 is 1.11 bits per heavy atom. The van der Waals surface area contributed by atoms with Crippen molar-refractivity contribution in [3.63, 3.8) is 0 Å². The van der Waals surface area contributed by atoms with Crippen molar-refractivity contribution < 1.29 is 28.6 Å². The zero-order valence-electron chi connectivity index (χ0n) is 20.0. The van der Waals surface area contributed by atoms with Gasteiger partial charge in [-0.05, 0) is 68.3 Å². The Morgan fingerprint density at radius 2 is 1.89 bits per heavy atom. The van der Waals surface area contributed by atoms with Gasteiger partial charge in [-0.1, -0.05) is 23.5 Å². The number of aromatic nitrogens is 1. The molecule has 1 atom stereocenters. The van der Waals surface area contributed by atoms with Gasteiger partial charge in [0, 0.05) is 0 Å². The van der Waals surface area contributed by atoms with Crippen LogP contribution in [0, 0.1) is 6.92 Å². The summed E-state index contributed by atoms with van der Waals surface area (Å²) in [5.74, 6) is -0.891. The fourth-order valence-corrected chi connectivity index (χ4v) is 5.34. The minimum atomic E-state index is -0.952. The summed E-state index contributed by atoms with van der Waals surface area (Å²) in [4.78, 5) is 32.9. The second-order valence-corrected chi connectivity index (χ2v) is 9.20. The lowest BCUT2D eigenvalue weighted by Crippen LogP contribution is -2.31. The van der Waals surface area contributed by atoms with E-state index in [4.69, 9.17) is 13.9 Å². The fourth-order valence-electron chi connectivity index (χ4n) is 4.25. The summed E-state index contributed by atoms with van der Waals surface area (Å²) in [6, 6.07) is 13.1. The van der Waals surface area contributed by atoms with Crippen molar-refractivity contribution in [3.05, 3.63) is 83.0 Å². The van der Waals surface area contributed by atoms with E-state index in [1.165, 1.54) is 28.6 Å². The molecule has 9 heteroatoms. The molecule has 1 amide bonds. The van der Waals surface area contributed by atoms with Gasteiger partial charge < -0.3 is 19.0 Å². The lowest BCUT2D eigenvalue weighted by atomic mass is 9.95. The van der Waals surface area contributed by atoms with Crippen LogP contribution in [0.2, 0.25) is 0 Å². The van der Waals surface area contributed by atoms with Crippen molar-refractivity contribution in [2.45, 2.75) is 26.8 Å². The van der Waals surface area contributed by atoms with E-state index in [-0.39, 0.29) is 11.3 Å². The first-order valence-electron chi connectivity index (χ1n) is 11.5. The normalized spacial score (nSPS) is 15.7. The highest BCUT2D eigenvalue weighted by atomic mass is 32.1. The second kappa shape index (κ2) is 9.50. The summed E-state index contributed by atoms with van der Waals surface area (Å²) in [5.41, 5.74) is 2.25. The molecule has 8 nitrogen and oxygen atoms in total. The molecule has 2 aromatic heterocycles. The Hall–Kier alpha value is -4.11. The minimum absolute atomic E-state index is 0.0205. The van der Waals surface area contributed by atoms with Crippen LogP contribution in [-0.2, 0) is 4.79 Å². The van der Waals surface area contributed by atoms with Crippen molar-refractivity contribution in [2.75, 3.05) is 18.1 Å². The first-order chi connectivity index (χ1) is 17.4. The molecular formula is C27H24N2O6S. The lowest BCUT2D eigenvalue weighted by molar-refractivity contribution is -0.117. The number of amides is 1. The van der Waals surface area contributed by atoms with Crippen molar-refractivity contribution >= 4 is 38.4 Å². The average molecular weight is 505 g/mol. The number of fused-ring (bicyclic) bond motifs is 1.